The summed E-state index contributed by atoms with van der Waals surface area (Å²) in [5, 5.41) is 0. The highest BCUT2D eigenvalue weighted by Crippen LogP contribution is 2.18. The number of hydrogen-bond acceptors (Lipinski definition) is 1. The van der Waals surface area contributed by atoms with Crippen molar-refractivity contribution in [3.63, 3.8) is 0 Å². The minimum absolute atomic E-state index is 0.138. The highest BCUT2D eigenvalue weighted by molar-refractivity contribution is 5.95. The van der Waals surface area contributed by atoms with E-state index in [1.54, 1.807) is 6.92 Å². The van der Waals surface area contributed by atoms with Gasteiger partial charge in [-0.25, -0.2) is 0 Å². The van der Waals surface area contributed by atoms with Crippen molar-refractivity contribution < 1.29 is 4.79 Å². The van der Waals surface area contributed by atoms with E-state index in [4.69, 9.17) is 0 Å². The van der Waals surface area contributed by atoms with Crippen LogP contribution in [0.25, 0.3) is 0 Å². The van der Waals surface area contributed by atoms with E-state index in [-0.39, 0.29) is 5.78 Å². The summed E-state index contributed by atoms with van der Waals surface area (Å²) >= 11 is 0. The van der Waals surface area contributed by atoms with Crippen molar-refractivity contribution in [3.05, 3.63) is 58.4 Å². The minimum Gasteiger partial charge on any atom is -0.344 e. The molecule has 0 radical (unpaired) electrons. The normalized spacial score (nSPS) is 10.7. The van der Waals surface area contributed by atoms with E-state index in [2.05, 4.69) is 42.7 Å². The molecule has 2 nitrogen and oxygen atoms in total. The summed E-state index contributed by atoms with van der Waals surface area (Å²) in [5.74, 6) is 0.138. The lowest BCUT2D eigenvalue weighted by molar-refractivity contribution is 0.101. The first-order valence-corrected chi connectivity index (χ1v) is 6.22. The highest BCUT2D eigenvalue weighted by atomic mass is 16.1. The third kappa shape index (κ3) is 2.37. The Morgan fingerprint density at radius 1 is 1.17 bits per heavy atom. The standard InChI is InChI=1S/C16H19NO/c1-11-6-5-7-15(8-11)10-17-12(2)9-16(13(17)3)14(4)18/h5-9H,10H2,1-4H3. The predicted molar refractivity (Wildman–Crippen MR) is 74.2 cm³/mol. The Hall–Kier alpha value is -1.83. The Balaban J connectivity index is 2.38. The first-order chi connectivity index (χ1) is 8.49. The van der Waals surface area contributed by atoms with Gasteiger partial charge in [0.1, 0.15) is 0 Å². The molecule has 0 amide bonds. The maximum absolute atomic E-state index is 11.5. The molecule has 1 aromatic heterocycles. The molecule has 2 rings (SSSR count). The molecule has 94 valence electrons. The van der Waals surface area contributed by atoms with Crippen molar-refractivity contribution in [2.75, 3.05) is 0 Å². The maximum Gasteiger partial charge on any atom is 0.161 e. The van der Waals surface area contributed by atoms with Crippen LogP contribution in [0.3, 0.4) is 0 Å². The van der Waals surface area contributed by atoms with Crippen LogP contribution in [-0.2, 0) is 6.54 Å². The van der Waals surface area contributed by atoms with E-state index in [9.17, 15) is 4.79 Å². The molecule has 0 aliphatic heterocycles. The summed E-state index contributed by atoms with van der Waals surface area (Å²) in [7, 11) is 0. The average Bonchev–Trinajstić information content (AvgIpc) is 2.57. The zero-order valence-corrected chi connectivity index (χ0v) is 11.4. The van der Waals surface area contributed by atoms with Gasteiger partial charge >= 0.3 is 0 Å². The quantitative estimate of drug-likeness (QED) is 0.752. The van der Waals surface area contributed by atoms with Crippen molar-refractivity contribution >= 4 is 5.78 Å². The number of nitrogens with zero attached hydrogens (tertiary/aromatic N) is 1. The molecule has 2 aromatic rings. The minimum atomic E-state index is 0.138. The number of aryl methyl sites for hydroxylation is 2. The molecule has 0 saturated carbocycles. The van der Waals surface area contributed by atoms with Crippen molar-refractivity contribution in [1.29, 1.82) is 0 Å². The maximum atomic E-state index is 11.5. The van der Waals surface area contributed by atoms with Crippen LogP contribution in [0.15, 0.2) is 30.3 Å². The van der Waals surface area contributed by atoms with Gasteiger partial charge in [0.25, 0.3) is 0 Å². The molecule has 0 spiro atoms. The molecule has 1 heterocycles. The first-order valence-electron chi connectivity index (χ1n) is 6.22. The molecule has 0 aliphatic rings. The molecular formula is C16H19NO. The van der Waals surface area contributed by atoms with Gasteiger partial charge in [0, 0.05) is 23.5 Å². The largest absolute Gasteiger partial charge is 0.344 e. The summed E-state index contributed by atoms with van der Waals surface area (Å²) in [4.78, 5) is 11.5. The number of carbonyl (C=O) groups excluding carboxylic acids is 1. The molecule has 0 fully saturated rings. The topological polar surface area (TPSA) is 22.0 Å². The lowest BCUT2D eigenvalue weighted by Crippen LogP contribution is -2.05. The van der Waals surface area contributed by atoms with Gasteiger partial charge in [-0.1, -0.05) is 29.8 Å². The molecule has 18 heavy (non-hydrogen) atoms. The molecular weight excluding hydrogens is 222 g/mol. The van der Waals surface area contributed by atoms with E-state index < -0.39 is 0 Å². The fourth-order valence-corrected chi connectivity index (χ4v) is 2.39. The van der Waals surface area contributed by atoms with Gasteiger partial charge in [0.15, 0.2) is 5.78 Å². The van der Waals surface area contributed by atoms with Crippen molar-refractivity contribution in [2.24, 2.45) is 0 Å². The Kier molecular flexibility index (Phi) is 3.37. The summed E-state index contributed by atoms with van der Waals surface area (Å²) in [6.07, 6.45) is 0. The smallest absolute Gasteiger partial charge is 0.161 e. The zero-order valence-electron chi connectivity index (χ0n) is 11.4. The molecule has 0 saturated heterocycles. The monoisotopic (exact) mass is 241 g/mol. The van der Waals surface area contributed by atoms with Crippen LogP contribution in [-0.4, -0.2) is 10.4 Å². The van der Waals surface area contributed by atoms with Crippen molar-refractivity contribution in [3.8, 4) is 0 Å². The lowest BCUT2D eigenvalue weighted by Gasteiger charge is -2.10. The van der Waals surface area contributed by atoms with Gasteiger partial charge in [-0.2, -0.15) is 0 Å². The highest BCUT2D eigenvalue weighted by Gasteiger charge is 2.12. The summed E-state index contributed by atoms with van der Waals surface area (Å²) in [5.41, 5.74) is 5.56. The van der Waals surface area contributed by atoms with Gasteiger partial charge in [-0.15, -0.1) is 0 Å². The summed E-state index contributed by atoms with van der Waals surface area (Å²) < 4.78 is 2.20. The van der Waals surface area contributed by atoms with Gasteiger partial charge < -0.3 is 4.57 Å². The second-order valence-electron chi connectivity index (χ2n) is 4.92. The Morgan fingerprint density at radius 2 is 1.89 bits per heavy atom. The summed E-state index contributed by atoms with van der Waals surface area (Å²) in [6, 6.07) is 10.5. The number of Topliss-reactive ketones (excluding diaryl/α,β-unsaturated/α-hetero) is 1. The molecule has 1 aromatic carbocycles. The van der Waals surface area contributed by atoms with Gasteiger partial charge in [-0.3, -0.25) is 4.79 Å². The van der Waals surface area contributed by atoms with Crippen molar-refractivity contribution in [2.45, 2.75) is 34.2 Å². The molecule has 0 N–H and O–H groups in total. The van der Waals surface area contributed by atoms with Crippen LogP contribution < -0.4 is 0 Å². The van der Waals surface area contributed by atoms with Crippen LogP contribution in [0.5, 0.6) is 0 Å². The zero-order chi connectivity index (χ0) is 13.3. The third-order valence-corrected chi connectivity index (χ3v) is 3.38. The Bertz CT molecular complexity index is 593. The molecule has 0 unspecified atom stereocenters. The lowest BCUT2D eigenvalue weighted by atomic mass is 10.1. The molecule has 0 aliphatic carbocycles. The van der Waals surface area contributed by atoms with Crippen LogP contribution in [0.1, 0.15) is 39.8 Å². The van der Waals surface area contributed by atoms with Gasteiger partial charge in [-0.05, 0) is 39.3 Å². The number of aromatic nitrogens is 1. The van der Waals surface area contributed by atoms with Crippen LogP contribution >= 0.6 is 0 Å². The van der Waals surface area contributed by atoms with E-state index in [1.807, 2.05) is 13.0 Å². The fourth-order valence-electron chi connectivity index (χ4n) is 2.39. The predicted octanol–water partition coefficient (Wildman–Crippen LogP) is 3.66. The van der Waals surface area contributed by atoms with E-state index in [0.29, 0.717) is 0 Å². The van der Waals surface area contributed by atoms with E-state index >= 15 is 0 Å². The third-order valence-electron chi connectivity index (χ3n) is 3.38. The number of ketones is 1. The number of benzene rings is 1. The van der Waals surface area contributed by atoms with Crippen molar-refractivity contribution in [1.82, 2.24) is 4.57 Å². The fraction of sp³-hybridized carbons (Fsp3) is 0.312. The van der Waals surface area contributed by atoms with E-state index in [1.165, 1.54) is 11.1 Å². The van der Waals surface area contributed by atoms with E-state index in [0.717, 1.165) is 23.5 Å². The first kappa shape index (κ1) is 12.6. The second-order valence-corrected chi connectivity index (χ2v) is 4.92. The SMILES string of the molecule is CC(=O)c1cc(C)n(Cc2cccc(C)c2)c1C. The molecule has 2 heteroatoms. The van der Waals surface area contributed by atoms with Gasteiger partial charge in [0.05, 0.1) is 0 Å². The molecule has 0 atom stereocenters. The number of hydrogen-bond donors (Lipinski definition) is 0. The second kappa shape index (κ2) is 4.81. The van der Waals surface area contributed by atoms with Crippen LogP contribution in [0.2, 0.25) is 0 Å². The van der Waals surface area contributed by atoms with Crippen LogP contribution in [0, 0.1) is 20.8 Å². The Labute approximate surface area is 108 Å². The number of rotatable bonds is 3. The molecule has 0 bridgehead atoms. The summed E-state index contributed by atoms with van der Waals surface area (Å²) in [6.45, 7) is 8.61. The number of carbonyl (C=O) groups is 1. The van der Waals surface area contributed by atoms with Crippen LogP contribution in [0.4, 0.5) is 0 Å². The van der Waals surface area contributed by atoms with Gasteiger partial charge in [0.2, 0.25) is 0 Å². The Morgan fingerprint density at radius 3 is 2.44 bits per heavy atom. The average molecular weight is 241 g/mol.